The lowest BCUT2D eigenvalue weighted by Crippen LogP contribution is -2.32. The lowest BCUT2D eigenvalue weighted by Gasteiger charge is -2.24. The van der Waals surface area contributed by atoms with Gasteiger partial charge >= 0.3 is 0 Å². The van der Waals surface area contributed by atoms with Crippen LogP contribution in [-0.4, -0.2) is 17.5 Å². The highest BCUT2D eigenvalue weighted by molar-refractivity contribution is 5.93. The molecule has 0 spiro atoms. The topological polar surface area (TPSA) is 64.4 Å². The van der Waals surface area contributed by atoms with E-state index in [1.54, 1.807) is 6.20 Å². The molecule has 25 heavy (non-hydrogen) atoms. The van der Waals surface area contributed by atoms with E-state index in [4.69, 9.17) is 9.15 Å². The van der Waals surface area contributed by atoms with Crippen LogP contribution in [0.1, 0.15) is 11.1 Å². The smallest absolute Gasteiger partial charge is 0.231 e. The lowest BCUT2D eigenvalue weighted by molar-refractivity contribution is -0.121. The quantitative estimate of drug-likeness (QED) is 0.790. The Bertz CT molecular complexity index is 903. The average molecular weight is 334 g/mol. The zero-order valence-electron chi connectivity index (χ0n) is 13.9. The zero-order chi connectivity index (χ0) is 17.2. The molecular weight excluding hydrogens is 316 g/mol. The van der Waals surface area contributed by atoms with Crippen LogP contribution in [0.15, 0.2) is 59.5 Å². The van der Waals surface area contributed by atoms with Crippen molar-refractivity contribution in [3.8, 4) is 17.1 Å². The van der Waals surface area contributed by atoms with Gasteiger partial charge < -0.3 is 14.5 Å². The van der Waals surface area contributed by atoms with E-state index < -0.39 is 0 Å². The highest BCUT2D eigenvalue weighted by atomic mass is 16.5. The Kier molecular flexibility index (Phi) is 3.98. The Morgan fingerprint density at radius 3 is 2.92 bits per heavy atom. The van der Waals surface area contributed by atoms with Gasteiger partial charge in [0, 0.05) is 11.3 Å². The summed E-state index contributed by atoms with van der Waals surface area (Å²) in [7, 11) is 0. The van der Waals surface area contributed by atoms with Gasteiger partial charge in [-0.2, -0.15) is 0 Å². The van der Waals surface area contributed by atoms with Crippen LogP contribution in [0.25, 0.3) is 11.3 Å². The molecule has 5 heteroatoms. The van der Waals surface area contributed by atoms with Crippen LogP contribution in [-0.2, 0) is 11.2 Å². The van der Waals surface area contributed by atoms with Gasteiger partial charge in [-0.25, -0.2) is 4.98 Å². The number of benzene rings is 2. The van der Waals surface area contributed by atoms with Gasteiger partial charge in [-0.15, -0.1) is 0 Å². The molecule has 0 saturated carbocycles. The molecule has 2 heterocycles. The summed E-state index contributed by atoms with van der Waals surface area (Å²) in [5, 5.41) is 2.99. The Morgan fingerprint density at radius 2 is 2.12 bits per heavy atom. The first-order valence-electron chi connectivity index (χ1n) is 8.22. The predicted molar refractivity (Wildman–Crippen MR) is 94.4 cm³/mol. The van der Waals surface area contributed by atoms with E-state index in [1.165, 1.54) is 6.39 Å². The standard InChI is InChI=1S/C20H18N2O3/c1-13-8-16(6-7-17(13)19-10-21-12-25-19)22-20(23)15-9-14-4-2-3-5-18(14)24-11-15/h2-8,10,12,15H,9,11H2,1H3,(H,22,23). The van der Waals surface area contributed by atoms with Crippen molar-refractivity contribution in [1.29, 1.82) is 0 Å². The summed E-state index contributed by atoms with van der Waals surface area (Å²) in [5.41, 5.74) is 3.82. The van der Waals surface area contributed by atoms with Crippen molar-refractivity contribution in [2.45, 2.75) is 13.3 Å². The Labute approximate surface area is 145 Å². The SMILES string of the molecule is Cc1cc(NC(=O)C2COc3ccccc3C2)ccc1-c1cnco1. The third kappa shape index (κ3) is 3.13. The second-order valence-electron chi connectivity index (χ2n) is 6.20. The molecule has 0 radical (unpaired) electrons. The molecule has 3 aromatic rings. The number of ether oxygens (including phenoxy) is 1. The number of hydrogen-bond acceptors (Lipinski definition) is 4. The number of fused-ring (bicyclic) bond motifs is 1. The number of anilines is 1. The molecule has 1 unspecified atom stereocenters. The van der Waals surface area contributed by atoms with E-state index in [9.17, 15) is 4.79 Å². The fourth-order valence-corrected chi connectivity index (χ4v) is 3.11. The molecular formula is C20H18N2O3. The van der Waals surface area contributed by atoms with Gasteiger partial charge in [-0.1, -0.05) is 18.2 Å². The molecule has 1 atom stereocenters. The molecule has 1 aliphatic rings. The first kappa shape index (κ1) is 15.4. The maximum Gasteiger partial charge on any atom is 0.231 e. The van der Waals surface area contributed by atoms with Crippen LogP contribution in [0.2, 0.25) is 0 Å². The van der Waals surface area contributed by atoms with Gasteiger partial charge in [0.25, 0.3) is 0 Å². The zero-order valence-corrected chi connectivity index (χ0v) is 13.9. The van der Waals surface area contributed by atoms with Crippen molar-refractivity contribution < 1.29 is 13.9 Å². The normalized spacial score (nSPS) is 16.0. The van der Waals surface area contributed by atoms with Gasteiger partial charge in [0.15, 0.2) is 12.2 Å². The predicted octanol–water partition coefficient (Wildman–Crippen LogP) is 3.84. The third-order valence-corrected chi connectivity index (χ3v) is 4.44. The first-order valence-corrected chi connectivity index (χ1v) is 8.22. The van der Waals surface area contributed by atoms with Gasteiger partial charge in [0.05, 0.1) is 12.1 Å². The number of hydrogen-bond donors (Lipinski definition) is 1. The Morgan fingerprint density at radius 1 is 1.24 bits per heavy atom. The van der Waals surface area contributed by atoms with Crippen LogP contribution in [0.4, 0.5) is 5.69 Å². The second kappa shape index (κ2) is 6.43. The van der Waals surface area contributed by atoms with Crippen LogP contribution >= 0.6 is 0 Å². The number of para-hydroxylation sites is 1. The van der Waals surface area contributed by atoms with E-state index in [0.29, 0.717) is 18.8 Å². The van der Waals surface area contributed by atoms with Crippen LogP contribution in [0.3, 0.4) is 0 Å². The molecule has 2 aromatic carbocycles. The van der Waals surface area contributed by atoms with Crippen LogP contribution < -0.4 is 10.1 Å². The van der Waals surface area contributed by atoms with Gasteiger partial charge in [-0.05, 0) is 48.7 Å². The maximum atomic E-state index is 12.6. The lowest BCUT2D eigenvalue weighted by atomic mass is 9.96. The molecule has 126 valence electrons. The summed E-state index contributed by atoms with van der Waals surface area (Å²) in [4.78, 5) is 16.5. The number of oxazole rings is 1. The summed E-state index contributed by atoms with van der Waals surface area (Å²) in [6, 6.07) is 13.6. The number of rotatable bonds is 3. The molecule has 1 amide bonds. The Hall–Kier alpha value is -3.08. The van der Waals surface area contributed by atoms with Crippen molar-refractivity contribution in [3.05, 3.63) is 66.2 Å². The van der Waals surface area contributed by atoms with Crippen LogP contribution in [0.5, 0.6) is 5.75 Å². The highest BCUT2D eigenvalue weighted by Gasteiger charge is 2.25. The second-order valence-corrected chi connectivity index (χ2v) is 6.20. The van der Waals surface area contributed by atoms with Crippen molar-refractivity contribution in [2.24, 2.45) is 5.92 Å². The molecule has 0 bridgehead atoms. The minimum atomic E-state index is -0.191. The molecule has 0 aliphatic carbocycles. The van der Waals surface area contributed by atoms with E-state index in [0.717, 1.165) is 28.1 Å². The van der Waals surface area contributed by atoms with E-state index in [1.807, 2.05) is 49.4 Å². The molecule has 5 nitrogen and oxygen atoms in total. The fraction of sp³-hybridized carbons (Fsp3) is 0.200. The summed E-state index contributed by atoms with van der Waals surface area (Å²) in [5.74, 6) is 1.37. The molecule has 0 fully saturated rings. The molecule has 1 N–H and O–H groups in total. The summed E-state index contributed by atoms with van der Waals surface area (Å²) in [6.07, 6.45) is 3.78. The number of nitrogens with one attached hydrogen (secondary N) is 1. The number of carbonyl (C=O) groups is 1. The van der Waals surface area contributed by atoms with Crippen molar-refractivity contribution in [1.82, 2.24) is 4.98 Å². The van der Waals surface area contributed by atoms with Crippen molar-refractivity contribution in [3.63, 3.8) is 0 Å². The largest absolute Gasteiger partial charge is 0.492 e. The number of nitrogens with zero attached hydrogens (tertiary/aromatic N) is 1. The van der Waals surface area contributed by atoms with Crippen molar-refractivity contribution >= 4 is 11.6 Å². The minimum Gasteiger partial charge on any atom is -0.492 e. The van der Waals surface area contributed by atoms with E-state index in [2.05, 4.69) is 10.3 Å². The summed E-state index contributed by atoms with van der Waals surface area (Å²) < 4.78 is 11.0. The Balaban J connectivity index is 1.47. The molecule has 1 aromatic heterocycles. The van der Waals surface area contributed by atoms with Crippen molar-refractivity contribution in [2.75, 3.05) is 11.9 Å². The molecule has 0 saturated heterocycles. The average Bonchev–Trinajstić information content (AvgIpc) is 3.15. The van der Waals surface area contributed by atoms with Gasteiger partial charge in [0.2, 0.25) is 5.91 Å². The van der Waals surface area contributed by atoms with Gasteiger partial charge in [0.1, 0.15) is 12.4 Å². The summed E-state index contributed by atoms with van der Waals surface area (Å²) in [6.45, 7) is 2.38. The van der Waals surface area contributed by atoms with E-state index >= 15 is 0 Å². The monoisotopic (exact) mass is 334 g/mol. The fourth-order valence-electron chi connectivity index (χ4n) is 3.11. The summed E-state index contributed by atoms with van der Waals surface area (Å²) >= 11 is 0. The number of aryl methyl sites for hydroxylation is 1. The molecule has 4 rings (SSSR count). The number of carbonyl (C=O) groups excluding carboxylic acids is 1. The highest BCUT2D eigenvalue weighted by Crippen LogP contribution is 2.29. The third-order valence-electron chi connectivity index (χ3n) is 4.44. The van der Waals surface area contributed by atoms with Gasteiger partial charge in [-0.3, -0.25) is 4.79 Å². The maximum absolute atomic E-state index is 12.6. The number of aromatic nitrogens is 1. The van der Waals surface area contributed by atoms with E-state index in [-0.39, 0.29) is 11.8 Å². The first-order chi connectivity index (χ1) is 12.2. The minimum absolute atomic E-state index is 0.0266. The van der Waals surface area contributed by atoms with Crippen LogP contribution in [0, 0.1) is 12.8 Å². The molecule has 1 aliphatic heterocycles. The number of amides is 1.